The summed E-state index contributed by atoms with van der Waals surface area (Å²) in [6.07, 6.45) is 0. The minimum absolute atomic E-state index is 0.0272. The molecule has 0 atom stereocenters. The van der Waals surface area contributed by atoms with E-state index in [1.807, 2.05) is 24.3 Å². The summed E-state index contributed by atoms with van der Waals surface area (Å²) >= 11 is 1.15. The Bertz CT molecular complexity index is 1360. The second kappa shape index (κ2) is 8.15. The minimum atomic E-state index is -0.518. The highest BCUT2D eigenvalue weighted by atomic mass is 32.2. The van der Waals surface area contributed by atoms with E-state index in [0.29, 0.717) is 33.7 Å². The largest absolute Gasteiger partial charge is 0.454 e. The average Bonchev–Trinajstić information content (AvgIpc) is 3.43. The Kier molecular flexibility index (Phi) is 5.03. The van der Waals surface area contributed by atoms with Crippen LogP contribution in [0.3, 0.4) is 0 Å². The van der Waals surface area contributed by atoms with Crippen LogP contribution in [0, 0.1) is 10.1 Å². The Morgan fingerprint density at radius 1 is 1.12 bits per heavy atom. The molecule has 1 N–H and O–H groups in total. The highest BCUT2D eigenvalue weighted by Gasteiger charge is 2.16. The summed E-state index contributed by atoms with van der Waals surface area (Å²) in [5, 5.41) is 26.7. The number of benzene rings is 2. The molecular formula is C20H14N6O5S. The van der Waals surface area contributed by atoms with Gasteiger partial charge in [-0.1, -0.05) is 17.8 Å². The molecule has 1 aliphatic heterocycles. The van der Waals surface area contributed by atoms with Crippen molar-refractivity contribution in [3.05, 3.63) is 64.7 Å². The number of anilines is 1. The van der Waals surface area contributed by atoms with Crippen molar-refractivity contribution in [3.63, 3.8) is 0 Å². The number of aromatic nitrogens is 4. The topological polar surface area (TPSA) is 134 Å². The van der Waals surface area contributed by atoms with E-state index < -0.39 is 4.92 Å². The first-order valence-electron chi connectivity index (χ1n) is 9.36. The number of ether oxygens (including phenoxy) is 2. The van der Waals surface area contributed by atoms with Crippen LogP contribution in [0.25, 0.3) is 16.9 Å². The standard InChI is InChI=1S/C20H14N6O5S/c27-19(21-13-2-1-3-14(9-13)26(28)29)10-32-20-23-22-18-7-5-15(24-25(18)20)12-4-6-16-17(8-12)31-11-30-16/h1-9H,10-11H2,(H,21,27). The molecule has 3 heterocycles. The number of thioether (sulfide) groups is 1. The van der Waals surface area contributed by atoms with Crippen LogP contribution in [-0.2, 0) is 4.79 Å². The van der Waals surface area contributed by atoms with Crippen LogP contribution < -0.4 is 14.8 Å². The highest BCUT2D eigenvalue weighted by molar-refractivity contribution is 7.99. The third-order valence-electron chi connectivity index (χ3n) is 4.58. The van der Waals surface area contributed by atoms with Gasteiger partial charge in [-0.15, -0.1) is 10.2 Å². The van der Waals surface area contributed by atoms with Gasteiger partial charge in [0.1, 0.15) is 0 Å². The maximum Gasteiger partial charge on any atom is 0.271 e. The van der Waals surface area contributed by atoms with Crippen LogP contribution in [0.2, 0.25) is 0 Å². The summed E-state index contributed by atoms with van der Waals surface area (Å²) in [6, 6.07) is 14.9. The smallest absolute Gasteiger partial charge is 0.271 e. The number of nitrogens with one attached hydrogen (secondary N) is 1. The van der Waals surface area contributed by atoms with Crippen molar-refractivity contribution in [2.24, 2.45) is 0 Å². The molecule has 12 heteroatoms. The Morgan fingerprint density at radius 2 is 2.00 bits per heavy atom. The van der Waals surface area contributed by atoms with Crippen molar-refractivity contribution < 1.29 is 19.2 Å². The Morgan fingerprint density at radius 3 is 2.88 bits per heavy atom. The number of hydrogen-bond donors (Lipinski definition) is 1. The molecule has 4 aromatic rings. The zero-order chi connectivity index (χ0) is 22.1. The number of amides is 1. The van der Waals surface area contributed by atoms with E-state index in [0.717, 1.165) is 17.3 Å². The van der Waals surface area contributed by atoms with Gasteiger partial charge in [-0.05, 0) is 36.4 Å². The molecular weight excluding hydrogens is 436 g/mol. The van der Waals surface area contributed by atoms with E-state index in [9.17, 15) is 14.9 Å². The van der Waals surface area contributed by atoms with Gasteiger partial charge in [0.2, 0.25) is 17.9 Å². The van der Waals surface area contributed by atoms with Crippen molar-refractivity contribution in [1.29, 1.82) is 0 Å². The molecule has 0 saturated heterocycles. The fraction of sp³-hybridized carbons (Fsp3) is 0.100. The molecule has 160 valence electrons. The number of nitro benzene ring substituents is 1. The molecule has 2 aromatic heterocycles. The molecule has 0 unspecified atom stereocenters. The Labute approximate surface area is 184 Å². The highest BCUT2D eigenvalue weighted by Crippen LogP contribution is 2.35. The van der Waals surface area contributed by atoms with E-state index in [4.69, 9.17) is 9.47 Å². The van der Waals surface area contributed by atoms with Crippen LogP contribution in [0.15, 0.2) is 59.8 Å². The normalized spacial score (nSPS) is 12.1. The SMILES string of the molecule is O=C(CSc1nnc2ccc(-c3ccc4c(c3)OCO4)nn12)Nc1cccc([N+](=O)[O-])c1. The lowest BCUT2D eigenvalue weighted by Crippen LogP contribution is -2.14. The number of hydrogen-bond acceptors (Lipinski definition) is 9. The van der Waals surface area contributed by atoms with Crippen molar-refractivity contribution >= 4 is 34.7 Å². The molecule has 11 nitrogen and oxygen atoms in total. The Hall–Kier alpha value is -4.19. The Balaban J connectivity index is 1.31. The van der Waals surface area contributed by atoms with Gasteiger partial charge in [-0.2, -0.15) is 9.61 Å². The van der Waals surface area contributed by atoms with Crippen molar-refractivity contribution in [2.75, 3.05) is 17.9 Å². The van der Waals surface area contributed by atoms with Crippen molar-refractivity contribution in [3.8, 4) is 22.8 Å². The zero-order valence-corrected chi connectivity index (χ0v) is 17.1. The fourth-order valence-electron chi connectivity index (χ4n) is 3.09. The van der Waals surface area contributed by atoms with Crippen LogP contribution >= 0.6 is 11.8 Å². The first-order valence-corrected chi connectivity index (χ1v) is 10.3. The van der Waals surface area contributed by atoms with Crippen LogP contribution in [-0.4, -0.2) is 43.2 Å². The average molecular weight is 450 g/mol. The molecule has 5 rings (SSSR count). The van der Waals surface area contributed by atoms with E-state index >= 15 is 0 Å². The fourth-order valence-corrected chi connectivity index (χ4v) is 3.78. The second-order valence-corrected chi connectivity index (χ2v) is 7.63. The first kappa shape index (κ1) is 19.8. The number of carbonyl (C=O) groups excluding carboxylic acids is 1. The summed E-state index contributed by atoms with van der Waals surface area (Å²) in [5.41, 5.74) is 2.30. The number of nitrogens with zero attached hydrogens (tertiary/aromatic N) is 5. The lowest BCUT2D eigenvalue weighted by Gasteiger charge is -2.05. The quantitative estimate of drug-likeness (QED) is 0.267. The maximum absolute atomic E-state index is 12.3. The van der Waals surface area contributed by atoms with Gasteiger partial charge in [0, 0.05) is 23.4 Å². The minimum Gasteiger partial charge on any atom is -0.454 e. The molecule has 0 saturated carbocycles. The van der Waals surface area contributed by atoms with Gasteiger partial charge in [0.05, 0.1) is 16.4 Å². The number of fused-ring (bicyclic) bond motifs is 2. The molecule has 0 bridgehead atoms. The summed E-state index contributed by atoms with van der Waals surface area (Å²) in [4.78, 5) is 22.7. The molecule has 0 fully saturated rings. The van der Waals surface area contributed by atoms with E-state index in [-0.39, 0.29) is 24.1 Å². The molecule has 32 heavy (non-hydrogen) atoms. The number of non-ortho nitro benzene ring substituents is 1. The molecule has 0 radical (unpaired) electrons. The van der Waals surface area contributed by atoms with Crippen LogP contribution in [0.5, 0.6) is 11.5 Å². The predicted octanol–water partition coefficient (Wildman–Crippen LogP) is 3.16. The maximum atomic E-state index is 12.3. The van der Waals surface area contributed by atoms with Crippen molar-refractivity contribution in [2.45, 2.75) is 5.16 Å². The predicted molar refractivity (Wildman–Crippen MR) is 115 cm³/mol. The molecule has 0 spiro atoms. The van der Waals surface area contributed by atoms with Gasteiger partial charge >= 0.3 is 0 Å². The van der Waals surface area contributed by atoms with Crippen LogP contribution in [0.1, 0.15) is 0 Å². The summed E-state index contributed by atoms with van der Waals surface area (Å²) in [6.45, 7) is 0.190. The van der Waals surface area contributed by atoms with E-state index in [1.54, 1.807) is 16.6 Å². The summed E-state index contributed by atoms with van der Waals surface area (Å²) < 4.78 is 12.3. The first-order chi connectivity index (χ1) is 15.6. The number of nitro groups is 1. The third kappa shape index (κ3) is 3.90. The van der Waals surface area contributed by atoms with Gasteiger partial charge in [0.25, 0.3) is 5.69 Å². The van der Waals surface area contributed by atoms with Gasteiger partial charge in [-0.25, -0.2) is 0 Å². The van der Waals surface area contributed by atoms with E-state index in [1.165, 1.54) is 18.2 Å². The lowest BCUT2D eigenvalue weighted by atomic mass is 10.1. The van der Waals surface area contributed by atoms with Gasteiger partial charge in [-0.3, -0.25) is 14.9 Å². The lowest BCUT2D eigenvalue weighted by molar-refractivity contribution is -0.384. The van der Waals surface area contributed by atoms with E-state index in [2.05, 4.69) is 20.6 Å². The van der Waals surface area contributed by atoms with Crippen molar-refractivity contribution in [1.82, 2.24) is 19.8 Å². The van der Waals surface area contributed by atoms with Gasteiger partial charge in [0.15, 0.2) is 17.1 Å². The molecule has 2 aromatic carbocycles. The summed E-state index contributed by atoms with van der Waals surface area (Å²) in [5.74, 6) is 1.03. The number of carbonyl (C=O) groups is 1. The van der Waals surface area contributed by atoms with Crippen LogP contribution in [0.4, 0.5) is 11.4 Å². The molecule has 0 aliphatic carbocycles. The molecule has 1 amide bonds. The molecule has 1 aliphatic rings. The van der Waals surface area contributed by atoms with Gasteiger partial charge < -0.3 is 14.8 Å². The third-order valence-corrected chi connectivity index (χ3v) is 5.49. The number of rotatable bonds is 6. The monoisotopic (exact) mass is 450 g/mol. The summed E-state index contributed by atoms with van der Waals surface area (Å²) in [7, 11) is 0. The second-order valence-electron chi connectivity index (χ2n) is 6.68. The zero-order valence-electron chi connectivity index (χ0n) is 16.3.